The third-order valence-corrected chi connectivity index (χ3v) is 18.9. The Hall–Kier alpha value is -1.99. The van der Waals surface area contributed by atoms with Gasteiger partial charge < -0.3 is 89.9 Å². The Labute approximate surface area is 561 Å². The van der Waals surface area contributed by atoms with E-state index in [1.807, 2.05) is 6.08 Å². The van der Waals surface area contributed by atoms with Crippen molar-refractivity contribution < 1.29 is 89.4 Å². The second-order valence-electron chi connectivity index (χ2n) is 27.1. The average molecular weight is 1330 g/mol. The fourth-order valence-electron chi connectivity index (χ4n) is 12.8. The van der Waals surface area contributed by atoms with Crippen LogP contribution in [-0.4, -0.2) is 193 Å². The van der Waals surface area contributed by atoms with Gasteiger partial charge >= 0.3 is 0 Å². The van der Waals surface area contributed by atoms with Gasteiger partial charge in [0.1, 0.15) is 73.2 Å². The Morgan fingerprint density at radius 1 is 0.376 bits per heavy atom. The summed E-state index contributed by atoms with van der Waals surface area (Å²) in [4.78, 5) is 13.4. The fraction of sp³-hybridized carbons (Fsp3) is 0.905. The Balaban J connectivity index is 1.39. The van der Waals surface area contributed by atoms with Crippen molar-refractivity contribution in [3.63, 3.8) is 0 Å². The van der Waals surface area contributed by atoms with Crippen LogP contribution in [0, 0.1) is 0 Å². The minimum Gasteiger partial charge on any atom is -0.394 e. The second-order valence-corrected chi connectivity index (χ2v) is 27.1. The van der Waals surface area contributed by atoms with Crippen molar-refractivity contribution in [1.29, 1.82) is 0 Å². The molecule has 3 aliphatic heterocycles. The van der Waals surface area contributed by atoms with Crippen molar-refractivity contribution in [2.24, 2.45) is 0 Å². The maximum absolute atomic E-state index is 13.4. The molecule has 93 heavy (non-hydrogen) atoms. The fourth-order valence-corrected chi connectivity index (χ4v) is 12.8. The summed E-state index contributed by atoms with van der Waals surface area (Å²) in [6, 6.07) is -0.995. The first-order valence-electron chi connectivity index (χ1n) is 37.7. The van der Waals surface area contributed by atoms with Gasteiger partial charge in [-0.2, -0.15) is 0 Å². The summed E-state index contributed by atoms with van der Waals surface area (Å²) in [6.07, 6.45) is 40.0. The van der Waals surface area contributed by atoms with Crippen molar-refractivity contribution in [1.82, 2.24) is 5.32 Å². The molecule has 0 spiro atoms. The van der Waals surface area contributed by atoms with E-state index in [-0.39, 0.29) is 18.9 Å². The van der Waals surface area contributed by atoms with Crippen molar-refractivity contribution in [3.8, 4) is 0 Å². The lowest BCUT2D eigenvalue weighted by molar-refractivity contribution is -0.379. The van der Waals surface area contributed by atoms with Crippen LogP contribution < -0.4 is 5.32 Å². The van der Waals surface area contributed by atoms with E-state index in [2.05, 4.69) is 43.5 Å². The predicted molar refractivity (Wildman–Crippen MR) is 365 cm³/mol. The van der Waals surface area contributed by atoms with Crippen LogP contribution in [0.1, 0.15) is 296 Å². The molecule has 19 nitrogen and oxygen atoms in total. The predicted octanol–water partition coefficient (Wildman–Crippen LogP) is 11.2. The van der Waals surface area contributed by atoms with Crippen LogP contribution in [-0.2, 0) is 33.2 Å². The molecule has 0 aromatic heterocycles. The van der Waals surface area contributed by atoms with Gasteiger partial charge in [0.15, 0.2) is 18.9 Å². The monoisotopic (exact) mass is 1330 g/mol. The molecular weight excluding hydrogens is 1190 g/mol. The quantitative estimate of drug-likeness (QED) is 0.0199. The van der Waals surface area contributed by atoms with E-state index in [9.17, 15) is 61.0 Å². The molecule has 19 heteroatoms. The molecule has 3 rings (SSSR count). The molecule has 0 aliphatic carbocycles. The van der Waals surface area contributed by atoms with Crippen molar-refractivity contribution >= 4 is 5.91 Å². The Morgan fingerprint density at radius 2 is 0.688 bits per heavy atom. The maximum Gasteiger partial charge on any atom is 0.220 e. The van der Waals surface area contributed by atoms with Gasteiger partial charge in [-0.25, -0.2) is 0 Å². The minimum absolute atomic E-state index is 0.236. The number of rotatable bonds is 59. The van der Waals surface area contributed by atoms with Crippen LogP contribution >= 0.6 is 0 Å². The van der Waals surface area contributed by atoms with E-state index in [1.165, 1.54) is 218 Å². The van der Waals surface area contributed by atoms with Gasteiger partial charge in [-0.15, -0.1) is 0 Å². The van der Waals surface area contributed by atoms with E-state index >= 15 is 0 Å². The lowest BCUT2D eigenvalue weighted by Crippen LogP contribution is -2.66. The number of aliphatic hydroxyl groups excluding tert-OH is 11. The topological polar surface area (TPSA) is 307 Å². The van der Waals surface area contributed by atoms with Crippen LogP contribution in [0.2, 0.25) is 0 Å². The highest BCUT2D eigenvalue weighted by molar-refractivity contribution is 5.76. The van der Waals surface area contributed by atoms with E-state index in [0.717, 1.165) is 44.9 Å². The molecule has 3 heterocycles. The van der Waals surface area contributed by atoms with Crippen molar-refractivity contribution in [2.75, 3.05) is 26.4 Å². The first-order chi connectivity index (χ1) is 45.3. The molecule has 1 amide bonds. The Morgan fingerprint density at radius 3 is 1.08 bits per heavy atom. The minimum atomic E-state index is -1.98. The van der Waals surface area contributed by atoms with Crippen LogP contribution in [0.15, 0.2) is 36.5 Å². The number of ether oxygens (including phenoxy) is 6. The molecule has 12 N–H and O–H groups in total. The molecule has 3 fully saturated rings. The van der Waals surface area contributed by atoms with Gasteiger partial charge in [-0.3, -0.25) is 4.79 Å². The number of hydrogen-bond donors (Lipinski definition) is 12. The third-order valence-electron chi connectivity index (χ3n) is 18.9. The van der Waals surface area contributed by atoms with Gasteiger partial charge in [0.2, 0.25) is 5.91 Å². The second kappa shape index (κ2) is 55.8. The Bertz CT molecular complexity index is 1830. The molecule has 0 saturated carbocycles. The normalized spacial score (nSPS) is 27.7. The number of allylic oxidation sites excluding steroid dienone is 5. The average Bonchev–Trinajstić information content (AvgIpc) is 1.00. The molecule has 0 radical (unpaired) electrons. The Kier molecular flexibility index (Phi) is 51.2. The SMILES string of the molecule is CCCCCCCCCC/C=C/CC/C=C/CC/C=C/C(O)C(COC1OC(CO)C(OC2OC(CO)C(OC3OC(CO)C(O)C(O)C3O)C(O)C2O)C(O)C1O)NC(=O)CCCCCCCCCCCCCCCCCCCCCCCCCCCCCCCC. The first kappa shape index (κ1) is 85.2. The maximum atomic E-state index is 13.4. The number of carbonyl (C=O) groups is 1. The zero-order valence-electron chi connectivity index (χ0n) is 58.0. The van der Waals surface area contributed by atoms with Crippen molar-refractivity contribution in [3.05, 3.63) is 36.5 Å². The largest absolute Gasteiger partial charge is 0.394 e. The van der Waals surface area contributed by atoms with E-state index in [0.29, 0.717) is 12.8 Å². The lowest BCUT2D eigenvalue weighted by atomic mass is 9.96. The summed E-state index contributed by atoms with van der Waals surface area (Å²) < 4.78 is 34.4. The van der Waals surface area contributed by atoms with Crippen LogP contribution in [0.25, 0.3) is 0 Å². The van der Waals surface area contributed by atoms with Crippen LogP contribution in [0.5, 0.6) is 0 Å². The zero-order chi connectivity index (χ0) is 67.5. The highest BCUT2D eigenvalue weighted by atomic mass is 16.8. The molecule has 0 aromatic rings. The number of nitrogens with one attached hydrogen (secondary N) is 1. The third kappa shape index (κ3) is 37.1. The number of carbonyl (C=O) groups excluding carboxylic acids is 1. The van der Waals surface area contributed by atoms with E-state index < -0.39 is 124 Å². The molecule has 3 saturated heterocycles. The number of unbranched alkanes of at least 4 members (excludes halogenated alkanes) is 39. The van der Waals surface area contributed by atoms with Gasteiger partial charge in [0, 0.05) is 6.42 Å². The summed E-state index contributed by atoms with van der Waals surface area (Å²) in [7, 11) is 0. The summed E-state index contributed by atoms with van der Waals surface area (Å²) in [5, 5.41) is 121. The molecule has 17 unspecified atom stereocenters. The lowest BCUT2D eigenvalue weighted by Gasteiger charge is -2.48. The molecule has 546 valence electrons. The first-order valence-corrected chi connectivity index (χ1v) is 37.7. The number of aliphatic hydroxyl groups is 11. The smallest absolute Gasteiger partial charge is 0.220 e. The van der Waals surface area contributed by atoms with E-state index in [1.54, 1.807) is 6.08 Å². The molecular formula is C74H137NO18. The van der Waals surface area contributed by atoms with Gasteiger partial charge in [-0.1, -0.05) is 281 Å². The standard InChI is InChI=1S/C74H137NO18/c1-3-5-7-9-11-13-15-17-19-21-23-24-25-26-27-28-29-30-31-32-33-34-36-38-40-42-44-46-48-50-52-62(80)75-57(58(79)51-49-47-45-43-41-39-37-35-22-20-18-16-14-12-10-8-6-4-2)56-88-72-68(86)65(83)70(60(54-77)90-72)93-74-69(87)66(84)71(61(55-78)91-74)92-73-67(85)64(82)63(81)59(53-76)89-73/h22,35,41,43,49,51,57-61,63-74,76-79,81-87H,3-21,23-34,36-40,42,44-48,50,52-56H2,1-2H3,(H,75,80)/b35-22+,43-41+,51-49+. The van der Waals surface area contributed by atoms with E-state index in [4.69, 9.17) is 28.4 Å². The molecule has 17 atom stereocenters. The van der Waals surface area contributed by atoms with Gasteiger partial charge in [0.25, 0.3) is 0 Å². The van der Waals surface area contributed by atoms with Crippen LogP contribution in [0.3, 0.4) is 0 Å². The summed E-state index contributed by atoms with van der Waals surface area (Å²) in [5.74, 6) is -0.284. The summed E-state index contributed by atoms with van der Waals surface area (Å²) in [6.45, 7) is 1.74. The molecule has 0 bridgehead atoms. The highest BCUT2D eigenvalue weighted by Gasteiger charge is 2.53. The van der Waals surface area contributed by atoms with Crippen LogP contribution in [0.4, 0.5) is 0 Å². The molecule has 3 aliphatic rings. The van der Waals surface area contributed by atoms with Gasteiger partial charge in [0.05, 0.1) is 38.6 Å². The number of amides is 1. The summed E-state index contributed by atoms with van der Waals surface area (Å²) >= 11 is 0. The summed E-state index contributed by atoms with van der Waals surface area (Å²) in [5.41, 5.74) is 0. The number of hydrogen-bond acceptors (Lipinski definition) is 18. The molecule has 0 aromatic carbocycles. The van der Waals surface area contributed by atoms with Crippen molar-refractivity contribution in [2.45, 2.75) is 401 Å². The van der Waals surface area contributed by atoms with Gasteiger partial charge in [-0.05, 0) is 44.9 Å². The zero-order valence-corrected chi connectivity index (χ0v) is 58.0. The highest BCUT2D eigenvalue weighted by Crippen LogP contribution is 2.33.